The summed E-state index contributed by atoms with van der Waals surface area (Å²) in [5.41, 5.74) is 0. The zero-order valence-electron chi connectivity index (χ0n) is 15.7. The van der Waals surface area contributed by atoms with Gasteiger partial charge in [-0.1, -0.05) is 0 Å². The van der Waals surface area contributed by atoms with E-state index in [2.05, 4.69) is 15.2 Å². The Morgan fingerprint density at radius 2 is 1.92 bits per heavy atom. The van der Waals surface area contributed by atoms with Crippen LogP contribution in [0.4, 0.5) is 0 Å². The van der Waals surface area contributed by atoms with Gasteiger partial charge in [0.25, 0.3) is 0 Å². The molecule has 6 nitrogen and oxygen atoms in total. The third-order valence-corrected chi connectivity index (χ3v) is 4.13. The van der Waals surface area contributed by atoms with Gasteiger partial charge < -0.3 is 24.4 Å². The lowest BCUT2D eigenvalue weighted by atomic mass is 10.3. The minimum Gasteiger partial charge on any atom is -0.497 e. The van der Waals surface area contributed by atoms with Gasteiger partial charge in [-0.05, 0) is 49.4 Å². The van der Waals surface area contributed by atoms with Crippen molar-refractivity contribution in [2.24, 2.45) is 10.9 Å². The fourth-order valence-electron chi connectivity index (χ4n) is 2.36. The van der Waals surface area contributed by atoms with Crippen LogP contribution >= 0.6 is 0 Å². The highest BCUT2D eigenvalue weighted by molar-refractivity contribution is 5.79. The van der Waals surface area contributed by atoms with E-state index < -0.39 is 0 Å². The van der Waals surface area contributed by atoms with Crippen LogP contribution in [-0.2, 0) is 4.74 Å². The lowest BCUT2D eigenvalue weighted by molar-refractivity contribution is 0.115. The van der Waals surface area contributed by atoms with Crippen LogP contribution in [0.5, 0.6) is 11.5 Å². The Hall–Kier alpha value is -1.95. The first-order chi connectivity index (χ1) is 12.2. The van der Waals surface area contributed by atoms with E-state index in [1.54, 1.807) is 14.2 Å². The summed E-state index contributed by atoms with van der Waals surface area (Å²) in [6, 6.07) is 7.63. The van der Waals surface area contributed by atoms with Crippen LogP contribution in [0.2, 0.25) is 0 Å². The van der Waals surface area contributed by atoms with Crippen LogP contribution in [0.3, 0.4) is 0 Å². The molecular weight excluding hydrogens is 318 g/mol. The highest BCUT2D eigenvalue weighted by Crippen LogP contribution is 2.28. The number of nitrogens with one attached hydrogen (secondary N) is 1. The summed E-state index contributed by atoms with van der Waals surface area (Å²) < 4.78 is 16.5. The predicted octanol–water partition coefficient (Wildman–Crippen LogP) is 2.40. The molecule has 0 amide bonds. The average Bonchev–Trinajstić information content (AvgIpc) is 3.46. The molecule has 140 valence electrons. The lowest BCUT2D eigenvalue weighted by Gasteiger charge is -2.22. The third kappa shape index (κ3) is 7.65. The smallest absolute Gasteiger partial charge is 0.193 e. The number of hydrogen-bond acceptors (Lipinski definition) is 4. The van der Waals surface area contributed by atoms with Gasteiger partial charge in [-0.15, -0.1) is 0 Å². The van der Waals surface area contributed by atoms with Gasteiger partial charge in [-0.3, -0.25) is 4.99 Å². The number of nitrogens with zero attached hydrogens (tertiary/aromatic N) is 2. The molecule has 0 aliphatic heterocycles. The van der Waals surface area contributed by atoms with Crippen molar-refractivity contribution < 1.29 is 14.2 Å². The minimum absolute atomic E-state index is 0.657. The van der Waals surface area contributed by atoms with Gasteiger partial charge >= 0.3 is 0 Å². The van der Waals surface area contributed by atoms with Crippen molar-refractivity contribution in [3.63, 3.8) is 0 Å². The molecule has 1 fully saturated rings. The molecule has 0 bridgehead atoms. The van der Waals surface area contributed by atoms with Crippen molar-refractivity contribution in [1.29, 1.82) is 0 Å². The zero-order chi connectivity index (χ0) is 17.9. The number of rotatable bonds is 11. The minimum atomic E-state index is 0.657. The number of methoxy groups -OCH3 is 1. The van der Waals surface area contributed by atoms with E-state index in [1.807, 2.05) is 31.3 Å². The maximum absolute atomic E-state index is 5.72. The maximum Gasteiger partial charge on any atom is 0.193 e. The van der Waals surface area contributed by atoms with Crippen molar-refractivity contribution in [3.05, 3.63) is 24.3 Å². The van der Waals surface area contributed by atoms with Gasteiger partial charge in [0.1, 0.15) is 11.5 Å². The summed E-state index contributed by atoms with van der Waals surface area (Å²) in [4.78, 5) is 6.40. The number of aliphatic imine (C=N–C) groups is 1. The quantitative estimate of drug-likeness (QED) is 0.378. The van der Waals surface area contributed by atoms with Gasteiger partial charge in [0.2, 0.25) is 0 Å². The van der Waals surface area contributed by atoms with E-state index in [-0.39, 0.29) is 0 Å². The molecule has 1 aliphatic rings. The van der Waals surface area contributed by atoms with Gasteiger partial charge in [-0.25, -0.2) is 0 Å². The molecule has 0 heterocycles. The Balaban J connectivity index is 1.54. The number of guanidine groups is 1. The normalized spacial score (nSPS) is 14.3. The van der Waals surface area contributed by atoms with Crippen LogP contribution in [0.25, 0.3) is 0 Å². The number of ether oxygens (including phenoxy) is 3. The first-order valence-corrected chi connectivity index (χ1v) is 8.99. The Labute approximate surface area is 151 Å². The SMILES string of the molecule is CN=C(NCCCOc1ccc(OC)cc1)N(C)CCOCC1CC1. The number of benzene rings is 1. The molecule has 1 aromatic rings. The molecule has 1 aliphatic carbocycles. The molecule has 0 atom stereocenters. The van der Waals surface area contributed by atoms with Crippen molar-refractivity contribution in [2.45, 2.75) is 19.3 Å². The summed E-state index contributed by atoms with van der Waals surface area (Å²) in [7, 11) is 5.49. The lowest BCUT2D eigenvalue weighted by Crippen LogP contribution is -2.41. The molecule has 6 heteroatoms. The van der Waals surface area contributed by atoms with Crippen LogP contribution in [-0.4, -0.2) is 65.0 Å². The molecule has 1 aromatic carbocycles. The third-order valence-electron chi connectivity index (χ3n) is 4.13. The number of hydrogen-bond donors (Lipinski definition) is 1. The fraction of sp³-hybridized carbons (Fsp3) is 0.632. The Morgan fingerprint density at radius 3 is 2.56 bits per heavy atom. The summed E-state index contributed by atoms with van der Waals surface area (Å²) in [5.74, 6) is 3.39. The van der Waals surface area contributed by atoms with Gasteiger partial charge in [0.05, 0.1) is 20.3 Å². The highest BCUT2D eigenvalue weighted by Gasteiger charge is 2.21. The standard InChI is InChI=1S/C19H31N3O3/c1-20-19(22(2)12-14-24-15-16-5-6-16)21-11-4-13-25-18-9-7-17(23-3)8-10-18/h7-10,16H,4-6,11-15H2,1-3H3,(H,20,21). The van der Waals surface area contributed by atoms with E-state index in [9.17, 15) is 0 Å². The Morgan fingerprint density at radius 1 is 1.20 bits per heavy atom. The molecule has 2 rings (SSSR count). The molecule has 1 saturated carbocycles. The van der Waals surface area contributed by atoms with Crippen molar-refractivity contribution in [1.82, 2.24) is 10.2 Å². The first kappa shape index (κ1) is 19.4. The van der Waals surface area contributed by atoms with E-state index in [0.717, 1.165) is 56.1 Å². The second kappa shape index (κ2) is 10.8. The molecule has 1 N–H and O–H groups in total. The molecule has 0 radical (unpaired) electrons. The van der Waals surface area contributed by atoms with Crippen LogP contribution in [0.1, 0.15) is 19.3 Å². The van der Waals surface area contributed by atoms with Gasteiger partial charge in [-0.2, -0.15) is 0 Å². The van der Waals surface area contributed by atoms with Gasteiger partial charge in [0, 0.05) is 33.8 Å². The van der Waals surface area contributed by atoms with E-state index in [1.165, 1.54) is 12.8 Å². The fourth-order valence-corrected chi connectivity index (χ4v) is 2.36. The summed E-state index contributed by atoms with van der Waals surface area (Å²) in [6.45, 7) is 3.96. The van der Waals surface area contributed by atoms with Crippen molar-refractivity contribution in [3.8, 4) is 11.5 Å². The van der Waals surface area contributed by atoms with Crippen LogP contribution in [0, 0.1) is 5.92 Å². The summed E-state index contributed by atoms with van der Waals surface area (Å²) >= 11 is 0. The highest BCUT2D eigenvalue weighted by atomic mass is 16.5. The molecule has 0 unspecified atom stereocenters. The molecule has 25 heavy (non-hydrogen) atoms. The van der Waals surface area contributed by atoms with Gasteiger partial charge in [0.15, 0.2) is 5.96 Å². The van der Waals surface area contributed by atoms with Crippen molar-refractivity contribution in [2.75, 3.05) is 54.1 Å². The molecular formula is C19H31N3O3. The predicted molar refractivity (Wildman–Crippen MR) is 101 cm³/mol. The topological polar surface area (TPSA) is 55.3 Å². The van der Waals surface area contributed by atoms with E-state index >= 15 is 0 Å². The second-order valence-corrected chi connectivity index (χ2v) is 6.29. The summed E-state index contributed by atoms with van der Waals surface area (Å²) in [6.07, 6.45) is 3.56. The van der Waals surface area contributed by atoms with Crippen LogP contribution < -0.4 is 14.8 Å². The second-order valence-electron chi connectivity index (χ2n) is 6.29. The maximum atomic E-state index is 5.72. The van der Waals surface area contributed by atoms with Crippen molar-refractivity contribution >= 4 is 5.96 Å². The summed E-state index contributed by atoms with van der Waals surface area (Å²) in [5, 5.41) is 3.36. The van der Waals surface area contributed by atoms with E-state index in [4.69, 9.17) is 14.2 Å². The Bertz CT molecular complexity index is 515. The molecule has 0 saturated heterocycles. The van der Waals surface area contributed by atoms with Crippen LogP contribution in [0.15, 0.2) is 29.3 Å². The monoisotopic (exact) mass is 349 g/mol. The van der Waals surface area contributed by atoms with E-state index in [0.29, 0.717) is 6.61 Å². The molecule has 0 aromatic heterocycles. The zero-order valence-corrected chi connectivity index (χ0v) is 15.7. The average molecular weight is 349 g/mol. The largest absolute Gasteiger partial charge is 0.497 e. The number of likely N-dealkylation sites (N-methyl/N-ethyl adjacent to an activating group) is 1. The molecule has 0 spiro atoms. The Kier molecular flexibility index (Phi) is 8.39. The first-order valence-electron chi connectivity index (χ1n) is 8.99.